The van der Waals surface area contributed by atoms with Crippen molar-refractivity contribution in [2.24, 2.45) is 0 Å². The van der Waals surface area contributed by atoms with Crippen molar-refractivity contribution in [2.45, 2.75) is 20.8 Å². The van der Waals surface area contributed by atoms with Gasteiger partial charge >= 0.3 is 5.97 Å². The van der Waals surface area contributed by atoms with Gasteiger partial charge in [-0.25, -0.2) is 4.79 Å². The van der Waals surface area contributed by atoms with Gasteiger partial charge in [0.15, 0.2) is 0 Å². The van der Waals surface area contributed by atoms with Gasteiger partial charge in [-0.1, -0.05) is 12.1 Å². The van der Waals surface area contributed by atoms with Crippen LogP contribution in [0.25, 0.3) is 0 Å². The largest absolute Gasteiger partial charge is 0.462 e. The molecule has 0 bridgehead atoms. The summed E-state index contributed by atoms with van der Waals surface area (Å²) in [6, 6.07) is 7.57. The number of rotatable bonds is 5. The van der Waals surface area contributed by atoms with E-state index in [1.54, 1.807) is 0 Å². The average Bonchev–Trinajstić information content (AvgIpc) is 2.31. The van der Waals surface area contributed by atoms with Gasteiger partial charge < -0.3 is 9.64 Å². The second kappa shape index (κ2) is 6.16. The molecular formula is C13H19NO2. The summed E-state index contributed by atoms with van der Waals surface area (Å²) in [7, 11) is 0. The highest BCUT2D eigenvalue weighted by Crippen LogP contribution is 2.20. The van der Waals surface area contributed by atoms with Crippen LogP contribution in [0, 0.1) is 0 Å². The first-order valence-corrected chi connectivity index (χ1v) is 5.75. The molecule has 88 valence electrons. The molecule has 0 spiro atoms. The highest BCUT2D eigenvalue weighted by atomic mass is 16.5. The number of carbonyl (C=O) groups is 1. The third-order valence-electron chi connectivity index (χ3n) is 2.50. The summed E-state index contributed by atoms with van der Waals surface area (Å²) >= 11 is 0. The van der Waals surface area contributed by atoms with E-state index in [0.29, 0.717) is 12.2 Å². The number of anilines is 1. The molecule has 0 aliphatic carbocycles. The summed E-state index contributed by atoms with van der Waals surface area (Å²) in [5.74, 6) is -0.245. The maximum absolute atomic E-state index is 11.8. The molecule has 0 fully saturated rings. The fourth-order valence-electron chi connectivity index (χ4n) is 1.70. The fraction of sp³-hybridized carbons (Fsp3) is 0.462. The Balaban J connectivity index is 3.03. The molecule has 0 radical (unpaired) electrons. The Morgan fingerprint density at radius 2 is 1.81 bits per heavy atom. The third-order valence-corrected chi connectivity index (χ3v) is 2.50. The number of ether oxygens (including phenoxy) is 1. The quantitative estimate of drug-likeness (QED) is 0.716. The molecule has 0 N–H and O–H groups in total. The number of hydrogen-bond acceptors (Lipinski definition) is 3. The molecule has 16 heavy (non-hydrogen) atoms. The molecule has 0 aliphatic heterocycles. The highest BCUT2D eigenvalue weighted by molar-refractivity contribution is 5.95. The van der Waals surface area contributed by atoms with Crippen LogP contribution in [0.15, 0.2) is 24.3 Å². The first kappa shape index (κ1) is 12.6. The van der Waals surface area contributed by atoms with E-state index in [-0.39, 0.29) is 5.97 Å². The molecule has 0 atom stereocenters. The second-order valence-electron chi connectivity index (χ2n) is 3.41. The lowest BCUT2D eigenvalue weighted by Crippen LogP contribution is -2.24. The number of esters is 1. The third kappa shape index (κ3) is 2.75. The van der Waals surface area contributed by atoms with Crippen molar-refractivity contribution in [3.63, 3.8) is 0 Å². The van der Waals surface area contributed by atoms with Gasteiger partial charge in [0.05, 0.1) is 17.9 Å². The molecule has 3 nitrogen and oxygen atoms in total. The number of benzene rings is 1. The molecule has 1 aromatic rings. The van der Waals surface area contributed by atoms with Gasteiger partial charge in [0.2, 0.25) is 0 Å². The van der Waals surface area contributed by atoms with E-state index < -0.39 is 0 Å². The van der Waals surface area contributed by atoms with Crippen LogP contribution in [-0.4, -0.2) is 25.7 Å². The summed E-state index contributed by atoms with van der Waals surface area (Å²) < 4.78 is 5.04. The van der Waals surface area contributed by atoms with Crippen LogP contribution in [0.1, 0.15) is 31.1 Å². The van der Waals surface area contributed by atoms with E-state index in [9.17, 15) is 4.79 Å². The van der Waals surface area contributed by atoms with Crippen LogP contribution in [-0.2, 0) is 4.74 Å². The Bertz CT molecular complexity index is 346. The van der Waals surface area contributed by atoms with Crippen LogP contribution < -0.4 is 4.90 Å². The number of nitrogens with zero attached hydrogens (tertiary/aromatic N) is 1. The van der Waals surface area contributed by atoms with Crippen LogP contribution in [0.3, 0.4) is 0 Å². The van der Waals surface area contributed by atoms with E-state index in [4.69, 9.17) is 4.74 Å². The zero-order chi connectivity index (χ0) is 12.0. The summed E-state index contributed by atoms with van der Waals surface area (Å²) in [4.78, 5) is 13.9. The van der Waals surface area contributed by atoms with Crippen LogP contribution >= 0.6 is 0 Å². The van der Waals surface area contributed by atoms with Crippen molar-refractivity contribution in [1.82, 2.24) is 0 Å². The van der Waals surface area contributed by atoms with Crippen molar-refractivity contribution in [1.29, 1.82) is 0 Å². The van der Waals surface area contributed by atoms with Crippen molar-refractivity contribution < 1.29 is 9.53 Å². The molecule has 0 unspecified atom stereocenters. The van der Waals surface area contributed by atoms with Crippen molar-refractivity contribution in [3.8, 4) is 0 Å². The zero-order valence-electron chi connectivity index (χ0n) is 10.2. The number of hydrogen-bond donors (Lipinski definition) is 0. The molecule has 0 aliphatic rings. The van der Waals surface area contributed by atoms with E-state index in [1.165, 1.54) is 0 Å². The van der Waals surface area contributed by atoms with E-state index in [1.807, 2.05) is 31.2 Å². The van der Waals surface area contributed by atoms with Crippen molar-refractivity contribution in [2.75, 3.05) is 24.6 Å². The topological polar surface area (TPSA) is 29.5 Å². The van der Waals surface area contributed by atoms with Crippen LogP contribution in [0.2, 0.25) is 0 Å². The summed E-state index contributed by atoms with van der Waals surface area (Å²) in [6.45, 7) is 8.14. The predicted molar refractivity (Wildman–Crippen MR) is 66.0 cm³/mol. The Labute approximate surface area is 97.0 Å². The molecule has 3 heteroatoms. The summed E-state index contributed by atoms with van der Waals surface area (Å²) in [5.41, 5.74) is 1.60. The monoisotopic (exact) mass is 221 g/mol. The van der Waals surface area contributed by atoms with Gasteiger partial charge in [0.25, 0.3) is 0 Å². The van der Waals surface area contributed by atoms with Crippen molar-refractivity contribution in [3.05, 3.63) is 29.8 Å². The standard InChI is InChI=1S/C13H19NO2/c1-4-14(5-2)12-10-8-7-9-11(12)13(15)16-6-3/h7-10H,4-6H2,1-3H3. The first-order valence-electron chi connectivity index (χ1n) is 5.75. The predicted octanol–water partition coefficient (Wildman–Crippen LogP) is 2.71. The van der Waals surface area contributed by atoms with Gasteiger partial charge in [-0.2, -0.15) is 0 Å². The van der Waals surface area contributed by atoms with Gasteiger partial charge in [-0.15, -0.1) is 0 Å². The maximum Gasteiger partial charge on any atom is 0.340 e. The fourth-order valence-corrected chi connectivity index (χ4v) is 1.70. The number of para-hydroxylation sites is 1. The van der Waals surface area contributed by atoms with Gasteiger partial charge in [0.1, 0.15) is 0 Å². The Kier molecular flexibility index (Phi) is 4.83. The molecule has 1 rings (SSSR count). The molecule has 0 saturated carbocycles. The zero-order valence-corrected chi connectivity index (χ0v) is 10.2. The minimum absolute atomic E-state index is 0.245. The van der Waals surface area contributed by atoms with Crippen LogP contribution in [0.4, 0.5) is 5.69 Å². The summed E-state index contributed by atoms with van der Waals surface area (Å²) in [6.07, 6.45) is 0. The van der Waals surface area contributed by atoms with E-state index in [2.05, 4.69) is 18.7 Å². The maximum atomic E-state index is 11.8. The van der Waals surface area contributed by atoms with Gasteiger partial charge in [-0.05, 0) is 32.9 Å². The van der Waals surface area contributed by atoms with Crippen LogP contribution in [0.5, 0.6) is 0 Å². The molecule has 1 aromatic carbocycles. The van der Waals surface area contributed by atoms with E-state index in [0.717, 1.165) is 18.8 Å². The molecular weight excluding hydrogens is 202 g/mol. The lowest BCUT2D eigenvalue weighted by molar-refractivity contribution is 0.0527. The van der Waals surface area contributed by atoms with Gasteiger partial charge in [-0.3, -0.25) is 0 Å². The lowest BCUT2D eigenvalue weighted by Gasteiger charge is -2.23. The smallest absolute Gasteiger partial charge is 0.340 e. The Morgan fingerprint density at radius 1 is 1.19 bits per heavy atom. The lowest BCUT2D eigenvalue weighted by atomic mass is 10.1. The van der Waals surface area contributed by atoms with E-state index >= 15 is 0 Å². The molecule has 0 heterocycles. The minimum atomic E-state index is -0.245. The SMILES string of the molecule is CCOC(=O)c1ccccc1N(CC)CC. The Hall–Kier alpha value is -1.51. The number of carbonyl (C=O) groups excluding carboxylic acids is 1. The van der Waals surface area contributed by atoms with Gasteiger partial charge in [0, 0.05) is 13.1 Å². The molecule has 0 saturated heterocycles. The van der Waals surface area contributed by atoms with Crippen molar-refractivity contribution >= 4 is 11.7 Å². The summed E-state index contributed by atoms with van der Waals surface area (Å²) in [5, 5.41) is 0. The average molecular weight is 221 g/mol. The minimum Gasteiger partial charge on any atom is -0.462 e. The first-order chi connectivity index (χ1) is 7.74. The molecule has 0 aromatic heterocycles. The normalized spacial score (nSPS) is 9.94. The second-order valence-corrected chi connectivity index (χ2v) is 3.41. The highest BCUT2D eigenvalue weighted by Gasteiger charge is 2.14. The Morgan fingerprint density at radius 3 is 2.38 bits per heavy atom. The molecule has 0 amide bonds.